The van der Waals surface area contributed by atoms with E-state index in [9.17, 15) is 28.8 Å². The van der Waals surface area contributed by atoms with Crippen molar-refractivity contribution in [3.8, 4) is 0 Å². The van der Waals surface area contributed by atoms with Crippen LogP contribution in [0.2, 0.25) is 0 Å². The second kappa shape index (κ2) is 15.8. The fourth-order valence-corrected chi connectivity index (χ4v) is 16.2. The Morgan fingerprint density at radius 1 is 0.627 bits per heavy atom. The van der Waals surface area contributed by atoms with Crippen LogP contribution < -0.4 is 0 Å². The van der Waals surface area contributed by atoms with Gasteiger partial charge >= 0.3 is 11.9 Å². The first kappa shape index (κ1) is 44.2. The molecule has 8 nitrogen and oxygen atoms in total. The molecule has 0 radical (unpaired) electrons. The van der Waals surface area contributed by atoms with Crippen LogP contribution in [0.4, 0.5) is 0 Å². The molecule has 0 unspecified atom stereocenters. The zero-order valence-electron chi connectivity index (χ0n) is 37.9. The summed E-state index contributed by atoms with van der Waals surface area (Å²) in [6.07, 6.45) is 20.8. The van der Waals surface area contributed by atoms with E-state index in [0.29, 0.717) is 73.5 Å². The van der Waals surface area contributed by atoms with Crippen molar-refractivity contribution in [2.45, 2.75) is 196 Å². The number of carbonyl (C=O) groups excluding carboxylic acids is 6. The van der Waals surface area contributed by atoms with Crippen LogP contribution in [-0.4, -0.2) is 46.3 Å². The van der Waals surface area contributed by atoms with Gasteiger partial charge in [0.15, 0.2) is 34.3 Å². The Morgan fingerprint density at radius 2 is 1.15 bits per heavy atom. The summed E-state index contributed by atoms with van der Waals surface area (Å²) in [5, 5.41) is 0. The molecule has 8 aliphatic rings. The molecular formula is C51H74O8. The summed E-state index contributed by atoms with van der Waals surface area (Å²) >= 11 is 0. The SMILES string of the molecule is CC(=O)O[C@]1(C(C)=O)CC[C@H]2[C@@H]3C[C@H](C)C4=CC(=O)CC[C@]4(C)[C@H]3CC[C@@]21C.CCCCCC(=O)O[C@]1(C(C)=O)CC[C@H]2[C@@H]3CCC4=CC(=O)CC[C@]4(C)[C@H]3CC[C@@]21C. The van der Waals surface area contributed by atoms with Crippen molar-refractivity contribution in [1.82, 2.24) is 0 Å². The Kier molecular flexibility index (Phi) is 11.8. The molecule has 0 saturated heterocycles. The van der Waals surface area contributed by atoms with Gasteiger partial charge in [-0.15, -0.1) is 0 Å². The monoisotopic (exact) mass is 815 g/mol. The van der Waals surface area contributed by atoms with Gasteiger partial charge in [-0.3, -0.25) is 28.8 Å². The molecule has 0 aromatic heterocycles. The average Bonchev–Trinajstić information content (AvgIpc) is 3.64. The molecule has 0 heterocycles. The van der Waals surface area contributed by atoms with Crippen LogP contribution in [0.15, 0.2) is 23.3 Å². The Hall–Kier alpha value is -2.90. The number of ether oxygens (including phenoxy) is 2. The molecule has 326 valence electrons. The van der Waals surface area contributed by atoms with Crippen molar-refractivity contribution in [2.24, 2.45) is 63.1 Å². The van der Waals surface area contributed by atoms with Gasteiger partial charge < -0.3 is 9.47 Å². The lowest BCUT2D eigenvalue weighted by atomic mass is 9.44. The molecule has 8 heteroatoms. The number of rotatable bonds is 8. The number of carbonyl (C=O) groups is 6. The lowest BCUT2D eigenvalue weighted by Crippen LogP contribution is -2.59. The lowest BCUT2D eigenvalue weighted by molar-refractivity contribution is -0.189. The molecule has 0 amide bonds. The van der Waals surface area contributed by atoms with Gasteiger partial charge in [-0.2, -0.15) is 0 Å². The van der Waals surface area contributed by atoms with Gasteiger partial charge in [-0.1, -0.05) is 65.5 Å². The second-order valence-corrected chi connectivity index (χ2v) is 21.7. The van der Waals surface area contributed by atoms with E-state index < -0.39 is 11.2 Å². The maximum atomic E-state index is 13.1. The zero-order valence-corrected chi connectivity index (χ0v) is 37.9. The third-order valence-corrected chi connectivity index (χ3v) is 19.2. The lowest BCUT2D eigenvalue weighted by Gasteiger charge is -2.60. The molecular weight excluding hydrogens is 741 g/mol. The van der Waals surface area contributed by atoms with Gasteiger partial charge in [0.05, 0.1) is 0 Å². The van der Waals surface area contributed by atoms with Gasteiger partial charge in [0.25, 0.3) is 0 Å². The standard InChI is InChI=1S/C27H40O4.C24H34O4/c1-5-6-7-8-24(30)31-27(18(2)28)16-13-23-21-10-9-19-17-20(29)11-14-25(19,3)22(21)12-15-26(23,27)4;1-14-12-18-19(22(4)9-6-17(27)13-21(14)22)7-10-23(5)20(18)8-11-24(23,15(2)25)28-16(3)26/h17,21-23H,5-16H2,1-4H3;13-14,18-20H,6-12H2,1-5H3/t21-,22+,23+,25+,26+,27+;14-,18+,19-,20-,22+,23-,24-/m10/s1. The van der Waals surface area contributed by atoms with Gasteiger partial charge in [0.2, 0.25) is 0 Å². The topological polar surface area (TPSA) is 121 Å². The van der Waals surface area contributed by atoms with Gasteiger partial charge in [-0.25, -0.2) is 0 Å². The summed E-state index contributed by atoms with van der Waals surface area (Å²) in [6.45, 7) is 18.2. The highest BCUT2D eigenvalue weighted by molar-refractivity contribution is 5.93. The smallest absolute Gasteiger partial charge is 0.306 e. The Labute approximate surface area is 354 Å². The van der Waals surface area contributed by atoms with Gasteiger partial charge in [0.1, 0.15) is 0 Å². The predicted octanol–water partition coefficient (Wildman–Crippen LogP) is 10.6. The summed E-state index contributed by atoms with van der Waals surface area (Å²) in [5.74, 6) is 3.48. The van der Waals surface area contributed by atoms with Gasteiger partial charge in [-0.05, 0) is 168 Å². The minimum Gasteiger partial charge on any atom is -0.451 e. The van der Waals surface area contributed by atoms with E-state index >= 15 is 0 Å². The van der Waals surface area contributed by atoms with Crippen molar-refractivity contribution in [2.75, 3.05) is 0 Å². The number of ketones is 4. The molecule has 8 rings (SSSR count). The predicted molar refractivity (Wildman–Crippen MR) is 227 cm³/mol. The highest BCUT2D eigenvalue weighted by Crippen LogP contribution is 2.70. The van der Waals surface area contributed by atoms with E-state index in [1.807, 2.05) is 12.2 Å². The molecule has 0 N–H and O–H groups in total. The van der Waals surface area contributed by atoms with Crippen LogP contribution in [0, 0.1) is 63.1 Å². The number of unbranched alkanes of at least 4 members (excludes halogenated alkanes) is 2. The van der Waals surface area contributed by atoms with E-state index in [2.05, 4.69) is 41.5 Å². The Balaban J connectivity index is 0.000000180. The minimum absolute atomic E-state index is 0.00469. The van der Waals surface area contributed by atoms with Crippen molar-refractivity contribution >= 4 is 35.1 Å². The fourth-order valence-electron chi connectivity index (χ4n) is 16.2. The van der Waals surface area contributed by atoms with Crippen LogP contribution in [0.1, 0.15) is 184 Å². The number of allylic oxidation sites excluding steroid dienone is 2. The number of Topliss-reactive ketones (excluding diaryl/α,β-unsaturated/α-hetero) is 2. The Bertz CT molecular complexity index is 1820. The van der Waals surface area contributed by atoms with E-state index in [1.54, 1.807) is 13.8 Å². The molecule has 13 atom stereocenters. The third kappa shape index (κ3) is 6.80. The summed E-state index contributed by atoms with van der Waals surface area (Å²) < 4.78 is 12.0. The molecule has 0 aromatic rings. The first-order valence-corrected chi connectivity index (χ1v) is 23.7. The largest absolute Gasteiger partial charge is 0.451 e. The number of fused-ring (bicyclic) bond motifs is 10. The van der Waals surface area contributed by atoms with Crippen LogP contribution in [0.3, 0.4) is 0 Å². The summed E-state index contributed by atoms with van der Waals surface area (Å²) in [5.41, 5.74) is 0.478. The maximum absolute atomic E-state index is 13.1. The molecule has 8 aliphatic carbocycles. The first-order valence-electron chi connectivity index (χ1n) is 23.7. The number of hydrogen-bond acceptors (Lipinski definition) is 8. The number of hydrogen-bond donors (Lipinski definition) is 0. The van der Waals surface area contributed by atoms with E-state index in [1.165, 1.54) is 18.1 Å². The fraction of sp³-hybridized carbons (Fsp3) is 0.804. The summed E-state index contributed by atoms with van der Waals surface area (Å²) in [4.78, 5) is 74.7. The minimum atomic E-state index is -0.961. The van der Waals surface area contributed by atoms with Crippen LogP contribution in [0.25, 0.3) is 0 Å². The van der Waals surface area contributed by atoms with E-state index in [4.69, 9.17) is 9.47 Å². The quantitative estimate of drug-likeness (QED) is 0.175. The Morgan fingerprint density at radius 3 is 1.73 bits per heavy atom. The van der Waals surface area contributed by atoms with Gasteiger partial charge in [0, 0.05) is 37.0 Å². The molecule has 0 aromatic carbocycles. The average molecular weight is 815 g/mol. The maximum Gasteiger partial charge on any atom is 0.306 e. The molecule has 0 bridgehead atoms. The summed E-state index contributed by atoms with van der Waals surface area (Å²) in [7, 11) is 0. The summed E-state index contributed by atoms with van der Waals surface area (Å²) in [6, 6.07) is 0. The molecule has 6 fully saturated rings. The first-order chi connectivity index (χ1) is 27.7. The molecule has 59 heavy (non-hydrogen) atoms. The third-order valence-electron chi connectivity index (χ3n) is 19.2. The highest BCUT2D eigenvalue weighted by atomic mass is 16.6. The van der Waals surface area contributed by atoms with E-state index in [0.717, 1.165) is 89.9 Å². The van der Waals surface area contributed by atoms with Crippen LogP contribution in [-0.2, 0) is 38.2 Å². The normalized spacial score (nSPS) is 44.4. The van der Waals surface area contributed by atoms with Crippen molar-refractivity contribution in [1.29, 1.82) is 0 Å². The second-order valence-electron chi connectivity index (χ2n) is 21.7. The molecule has 0 spiro atoms. The number of esters is 2. The van der Waals surface area contributed by atoms with Crippen molar-refractivity contribution in [3.05, 3.63) is 23.3 Å². The van der Waals surface area contributed by atoms with E-state index in [-0.39, 0.29) is 56.7 Å². The van der Waals surface area contributed by atoms with Crippen molar-refractivity contribution < 1.29 is 38.2 Å². The van der Waals surface area contributed by atoms with Crippen LogP contribution in [0.5, 0.6) is 0 Å². The highest BCUT2D eigenvalue weighted by Gasteiger charge is 2.69. The molecule has 6 saturated carbocycles. The van der Waals surface area contributed by atoms with Crippen LogP contribution >= 0.6 is 0 Å². The zero-order chi connectivity index (χ0) is 42.9. The van der Waals surface area contributed by atoms with Crippen molar-refractivity contribution in [3.63, 3.8) is 0 Å². The molecule has 0 aliphatic heterocycles.